The highest BCUT2D eigenvalue weighted by molar-refractivity contribution is 6.00. The third kappa shape index (κ3) is 3.03. The van der Waals surface area contributed by atoms with Crippen molar-refractivity contribution < 1.29 is 9.53 Å². The standard InChI is InChI=1S/C13H18N2O2/c1-17-11-7-10(8-14-9-11)13(16)12-5-3-2-4-6-15-12/h7-9,12,15H,2-6H2,1H3. The van der Waals surface area contributed by atoms with Crippen LogP contribution in [-0.2, 0) is 0 Å². The topological polar surface area (TPSA) is 51.2 Å². The van der Waals surface area contributed by atoms with Crippen LogP contribution in [0.25, 0.3) is 0 Å². The zero-order valence-electron chi connectivity index (χ0n) is 10.1. The van der Waals surface area contributed by atoms with Gasteiger partial charge in [-0.25, -0.2) is 0 Å². The highest BCUT2D eigenvalue weighted by atomic mass is 16.5. The molecule has 0 saturated carbocycles. The Bertz CT molecular complexity index is 385. The molecule has 1 aromatic rings. The van der Waals surface area contributed by atoms with E-state index < -0.39 is 0 Å². The maximum absolute atomic E-state index is 12.3. The van der Waals surface area contributed by atoms with Crippen LogP contribution >= 0.6 is 0 Å². The zero-order valence-corrected chi connectivity index (χ0v) is 10.1. The van der Waals surface area contributed by atoms with Crippen molar-refractivity contribution in [3.63, 3.8) is 0 Å². The molecule has 0 bridgehead atoms. The van der Waals surface area contributed by atoms with Crippen molar-refractivity contribution in [2.75, 3.05) is 13.7 Å². The summed E-state index contributed by atoms with van der Waals surface area (Å²) in [6, 6.07) is 1.69. The molecular formula is C13H18N2O2. The summed E-state index contributed by atoms with van der Waals surface area (Å²) in [4.78, 5) is 16.3. The largest absolute Gasteiger partial charge is 0.495 e. The normalized spacial score (nSPS) is 20.6. The van der Waals surface area contributed by atoms with Crippen LogP contribution in [0.15, 0.2) is 18.5 Å². The maximum Gasteiger partial charge on any atom is 0.181 e. The van der Waals surface area contributed by atoms with Crippen molar-refractivity contribution in [1.29, 1.82) is 0 Å². The van der Waals surface area contributed by atoms with E-state index in [-0.39, 0.29) is 11.8 Å². The summed E-state index contributed by atoms with van der Waals surface area (Å²) < 4.78 is 5.08. The minimum Gasteiger partial charge on any atom is -0.495 e. The number of pyridine rings is 1. The molecule has 0 aliphatic carbocycles. The summed E-state index contributed by atoms with van der Waals surface area (Å²) in [5.41, 5.74) is 0.628. The fourth-order valence-electron chi connectivity index (χ4n) is 2.12. The first-order chi connectivity index (χ1) is 8.31. The first kappa shape index (κ1) is 12.0. The Labute approximate surface area is 101 Å². The molecule has 2 rings (SSSR count). The predicted molar refractivity (Wildman–Crippen MR) is 65.4 cm³/mol. The number of aromatic nitrogens is 1. The molecule has 4 heteroatoms. The van der Waals surface area contributed by atoms with E-state index in [1.807, 2.05) is 0 Å². The molecule has 17 heavy (non-hydrogen) atoms. The molecule has 1 aliphatic heterocycles. The molecule has 1 aliphatic rings. The first-order valence-corrected chi connectivity index (χ1v) is 6.08. The third-order valence-corrected chi connectivity index (χ3v) is 3.11. The Kier molecular flexibility index (Phi) is 4.09. The van der Waals surface area contributed by atoms with Crippen LogP contribution in [0, 0.1) is 0 Å². The Morgan fingerprint density at radius 2 is 2.29 bits per heavy atom. The van der Waals surface area contributed by atoms with Crippen LogP contribution in [0.5, 0.6) is 5.75 Å². The number of methoxy groups -OCH3 is 1. The van der Waals surface area contributed by atoms with Crippen LogP contribution in [-0.4, -0.2) is 30.5 Å². The molecule has 1 aromatic heterocycles. The number of Topliss-reactive ketones (excluding diaryl/α,β-unsaturated/α-hetero) is 1. The summed E-state index contributed by atoms with van der Waals surface area (Å²) >= 11 is 0. The highest BCUT2D eigenvalue weighted by Gasteiger charge is 2.21. The third-order valence-electron chi connectivity index (χ3n) is 3.11. The minimum absolute atomic E-state index is 0.0635. The van der Waals surface area contributed by atoms with E-state index in [1.165, 1.54) is 6.42 Å². The Morgan fingerprint density at radius 3 is 3.12 bits per heavy atom. The number of ketones is 1. The molecule has 0 spiro atoms. The van der Waals surface area contributed by atoms with Gasteiger partial charge < -0.3 is 10.1 Å². The monoisotopic (exact) mass is 234 g/mol. The SMILES string of the molecule is COc1cncc(C(=O)C2CCCCCN2)c1. The van der Waals surface area contributed by atoms with Crippen molar-refractivity contribution in [1.82, 2.24) is 10.3 Å². The van der Waals surface area contributed by atoms with Gasteiger partial charge in [0.1, 0.15) is 5.75 Å². The zero-order chi connectivity index (χ0) is 12.1. The second-order valence-electron chi connectivity index (χ2n) is 4.33. The van der Waals surface area contributed by atoms with Gasteiger partial charge in [0.05, 0.1) is 19.3 Å². The minimum atomic E-state index is -0.0635. The van der Waals surface area contributed by atoms with Crippen LogP contribution in [0.3, 0.4) is 0 Å². The Morgan fingerprint density at radius 1 is 1.41 bits per heavy atom. The molecular weight excluding hydrogens is 216 g/mol. The maximum atomic E-state index is 12.3. The number of hydrogen-bond acceptors (Lipinski definition) is 4. The van der Waals surface area contributed by atoms with Crippen LogP contribution in [0.2, 0.25) is 0 Å². The van der Waals surface area contributed by atoms with Crippen LogP contribution in [0.1, 0.15) is 36.0 Å². The van der Waals surface area contributed by atoms with Gasteiger partial charge in [-0.15, -0.1) is 0 Å². The van der Waals surface area contributed by atoms with E-state index in [0.717, 1.165) is 25.8 Å². The predicted octanol–water partition coefficient (Wildman–Crippen LogP) is 1.81. The van der Waals surface area contributed by atoms with Gasteiger partial charge in [-0.05, 0) is 25.5 Å². The quantitative estimate of drug-likeness (QED) is 0.810. The van der Waals surface area contributed by atoms with Gasteiger partial charge in [0, 0.05) is 11.8 Å². The number of ether oxygens (including phenoxy) is 1. The first-order valence-electron chi connectivity index (χ1n) is 6.08. The number of carbonyl (C=O) groups excluding carboxylic acids is 1. The number of rotatable bonds is 3. The summed E-state index contributed by atoms with van der Waals surface area (Å²) in [5, 5.41) is 3.30. The second kappa shape index (κ2) is 5.77. The van der Waals surface area contributed by atoms with E-state index in [2.05, 4.69) is 10.3 Å². The van der Waals surface area contributed by atoms with Crippen molar-refractivity contribution in [2.45, 2.75) is 31.7 Å². The van der Waals surface area contributed by atoms with E-state index in [1.54, 1.807) is 25.6 Å². The van der Waals surface area contributed by atoms with Gasteiger partial charge in [0.2, 0.25) is 0 Å². The number of nitrogens with zero attached hydrogens (tertiary/aromatic N) is 1. The lowest BCUT2D eigenvalue weighted by molar-refractivity contribution is 0.0940. The lowest BCUT2D eigenvalue weighted by Gasteiger charge is -2.14. The summed E-state index contributed by atoms with van der Waals surface area (Å²) in [6.45, 7) is 0.924. The van der Waals surface area contributed by atoms with Crippen LogP contribution < -0.4 is 10.1 Å². The lowest BCUT2D eigenvalue weighted by atomic mass is 10.0. The fraction of sp³-hybridized carbons (Fsp3) is 0.538. The summed E-state index contributed by atoms with van der Waals surface area (Å²) in [6.07, 6.45) is 7.60. The van der Waals surface area contributed by atoms with E-state index >= 15 is 0 Å². The lowest BCUT2D eigenvalue weighted by Crippen LogP contribution is -2.36. The van der Waals surface area contributed by atoms with Crippen molar-refractivity contribution in [3.05, 3.63) is 24.0 Å². The number of hydrogen-bond donors (Lipinski definition) is 1. The second-order valence-corrected chi connectivity index (χ2v) is 4.33. The van der Waals surface area contributed by atoms with Gasteiger partial charge in [-0.2, -0.15) is 0 Å². The van der Waals surface area contributed by atoms with Crippen molar-refractivity contribution in [2.24, 2.45) is 0 Å². The Balaban J connectivity index is 2.11. The number of carbonyl (C=O) groups is 1. The molecule has 4 nitrogen and oxygen atoms in total. The highest BCUT2D eigenvalue weighted by Crippen LogP contribution is 2.16. The molecule has 92 valence electrons. The molecule has 0 amide bonds. The molecule has 0 radical (unpaired) electrons. The van der Waals surface area contributed by atoms with Crippen LogP contribution in [0.4, 0.5) is 0 Å². The van der Waals surface area contributed by atoms with Gasteiger partial charge in [-0.3, -0.25) is 9.78 Å². The summed E-state index contributed by atoms with van der Waals surface area (Å²) in [7, 11) is 1.58. The molecule has 1 saturated heterocycles. The van der Waals surface area contributed by atoms with E-state index in [0.29, 0.717) is 11.3 Å². The molecule has 2 heterocycles. The molecule has 1 unspecified atom stereocenters. The fourth-order valence-corrected chi connectivity index (χ4v) is 2.12. The smallest absolute Gasteiger partial charge is 0.181 e. The average molecular weight is 234 g/mol. The average Bonchev–Trinajstić information content (AvgIpc) is 2.67. The molecule has 1 N–H and O–H groups in total. The van der Waals surface area contributed by atoms with Crippen molar-refractivity contribution >= 4 is 5.78 Å². The van der Waals surface area contributed by atoms with Gasteiger partial charge >= 0.3 is 0 Å². The van der Waals surface area contributed by atoms with Crippen molar-refractivity contribution in [3.8, 4) is 5.75 Å². The van der Waals surface area contributed by atoms with Gasteiger partial charge in [0.15, 0.2) is 5.78 Å². The summed E-state index contributed by atoms with van der Waals surface area (Å²) in [5.74, 6) is 0.753. The number of nitrogens with one attached hydrogen (secondary N) is 1. The molecule has 1 atom stereocenters. The Hall–Kier alpha value is -1.42. The van der Waals surface area contributed by atoms with Gasteiger partial charge in [-0.1, -0.05) is 12.8 Å². The van der Waals surface area contributed by atoms with E-state index in [4.69, 9.17) is 4.74 Å². The molecule has 0 aromatic carbocycles. The van der Waals surface area contributed by atoms with Gasteiger partial charge in [0.25, 0.3) is 0 Å². The molecule has 1 fully saturated rings. The van der Waals surface area contributed by atoms with E-state index in [9.17, 15) is 4.79 Å².